The second-order valence-corrected chi connectivity index (χ2v) is 13.1. The summed E-state index contributed by atoms with van der Waals surface area (Å²) in [5.74, 6) is 0.954. The van der Waals surface area contributed by atoms with Crippen molar-refractivity contribution in [3.63, 3.8) is 0 Å². The molecule has 4 heterocycles. The Morgan fingerprint density at radius 3 is 2.73 bits per heavy atom. The topological polar surface area (TPSA) is 130 Å². The minimum Gasteiger partial charge on any atom is -0.382 e. The molecule has 0 radical (unpaired) electrons. The highest BCUT2D eigenvalue weighted by molar-refractivity contribution is 6.03. The Morgan fingerprint density at radius 1 is 1.24 bits per heavy atom. The van der Waals surface area contributed by atoms with Gasteiger partial charge in [0.2, 0.25) is 0 Å². The molecule has 6 rings (SSSR count). The summed E-state index contributed by atoms with van der Waals surface area (Å²) in [6, 6.07) is 12.2. The fraction of sp³-hybridized carbons (Fsp3) is 0.516. The number of nitrogens with zero attached hydrogens (tertiary/aromatic N) is 5. The van der Waals surface area contributed by atoms with E-state index in [-0.39, 0.29) is 22.2 Å². The maximum Gasteiger partial charge on any atom is 0.274 e. The molecule has 1 aromatic carbocycles. The van der Waals surface area contributed by atoms with E-state index in [0.29, 0.717) is 30.3 Å². The smallest absolute Gasteiger partial charge is 0.274 e. The van der Waals surface area contributed by atoms with Crippen LogP contribution in [0.15, 0.2) is 36.7 Å². The zero-order valence-corrected chi connectivity index (χ0v) is 24.3. The van der Waals surface area contributed by atoms with Crippen molar-refractivity contribution in [3.05, 3.63) is 65.0 Å². The molecular formula is C31H38N8O2. The first-order valence-corrected chi connectivity index (χ1v) is 14.3. The minimum absolute atomic E-state index is 0.158. The number of ether oxygens (including phenoxy) is 1. The average Bonchev–Trinajstić information content (AvgIpc) is 3.47. The summed E-state index contributed by atoms with van der Waals surface area (Å²) in [6.45, 7) is 10.3. The number of anilines is 2. The molecule has 1 saturated heterocycles. The number of rotatable bonds is 9. The minimum atomic E-state index is -0.337. The van der Waals surface area contributed by atoms with Crippen LogP contribution in [-0.2, 0) is 29.2 Å². The van der Waals surface area contributed by atoms with Crippen molar-refractivity contribution >= 4 is 17.3 Å². The van der Waals surface area contributed by atoms with E-state index in [1.54, 1.807) is 6.33 Å². The molecule has 10 nitrogen and oxygen atoms in total. The van der Waals surface area contributed by atoms with E-state index in [4.69, 9.17) is 9.72 Å². The molecule has 10 heteroatoms. The molecule has 3 aliphatic rings. The van der Waals surface area contributed by atoms with Gasteiger partial charge in [-0.15, -0.1) is 10.2 Å². The number of nitriles is 1. The van der Waals surface area contributed by atoms with Crippen molar-refractivity contribution in [1.29, 1.82) is 5.26 Å². The van der Waals surface area contributed by atoms with Gasteiger partial charge in [-0.05, 0) is 48.1 Å². The zero-order valence-electron chi connectivity index (χ0n) is 24.3. The molecule has 2 fully saturated rings. The summed E-state index contributed by atoms with van der Waals surface area (Å²) in [7, 11) is 1.95. The van der Waals surface area contributed by atoms with Crippen molar-refractivity contribution in [1.82, 2.24) is 25.1 Å². The average molecular weight is 555 g/mol. The van der Waals surface area contributed by atoms with Crippen molar-refractivity contribution in [2.75, 3.05) is 36.9 Å². The molecule has 3 aromatic rings. The molecule has 3 N–H and O–H groups in total. The number of aromatic nitrogens is 4. The van der Waals surface area contributed by atoms with E-state index < -0.39 is 0 Å². The Morgan fingerprint density at radius 2 is 2.05 bits per heavy atom. The van der Waals surface area contributed by atoms with Crippen LogP contribution >= 0.6 is 0 Å². The van der Waals surface area contributed by atoms with Crippen LogP contribution in [0.4, 0.5) is 11.4 Å². The van der Waals surface area contributed by atoms with Gasteiger partial charge in [0.1, 0.15) is 17.8 Å². The number of aryl methyl sites for hydroxylation is 1. The Labute approximate surface area is 240 Å². The molecule has 214 valence electrons. The first-order valence-electron chi connectivity index (χ1n) is 14.3. The second-order valence-electron chi connectivity index (χ2n) is 13.1. The maximum absolute atomic E-state index is 13.6. The molecular weight excluding hydrogens is 516 g/mol. The Balaban J connectivity index is 1.25. The van der Waals surface area contributed by atoms with Crippen LogP contribution in [0.5, 0.6) is 0 Å². The van der Waals surface area contributed by atoms with E-state index in [1.165, 1.54) is 0 Å². The number of carbonyl (C=O) groups excluding carboxylic acids is 1. The van der Waals surface area contributed by atoms with Gasteiger partial charge in [-0.2, -0.15) is 5.26 Å². The van der Waals surface area contributed by atoms with Crippen molar-refractivity contribution in [2.24, 2.45) is 18.4 Å². The van der Waals surface area contributed by atoms with Crippen molar-refractivity contribution in [3.8, 4) is 6.07 Å². The number of fused-ring (bicyclic) bond motifs is 1. The van der Waals surface area contributed by atoms with E-state index in [9.17, 15) is 10.1 Å². The third-order valence-electron chi connectivity index (χ3n) is 8.92. The van der Waals surface area contributed by atoms with E-state index in [2.05, 4.69) is 59.1 Å². The van der Waals surface area contributed by atoms with Gasteiger partial charge in [-0.25, -0.2) is 4.98 Å². The van der Waals surface area contributed by atoms with E-state index in [0.717, 1.165) is 67.5 Å². The molecule has 0 unspecified atom stereocenters. The Hall–Kier alpha value is -3.81. The summed E-state index contributed by atoms with van der Waals surface area (Å²) in [5.41, 5.74) is 4.81. The van der Waals surface area contributed by atoms with Crippen molar-refractivity contribution < 1.29 is 9.53 Å². The van der Waals surface area contributed by atoms with Gasteiger partial charge >= 0.3 is 0 Å². The number of amides is 1. The van der Waals surface area contributed by atoms with Gasteiger partial charge in [0, 0.05) is 49.6 Å². The standard InChI is InChI=1S/C31H38N8O2/c1-29(2)15-34-25-21(14-33-16-30(3)17-41-18-30)10-24(37-26(25)29)27(40)36-23-7-5-6-22(11-23)31(12-20(13-31)8-9-32)28-38-35-19-39(28)4/h5-7,10-11,19-20,33-34H,8,12-18H2,1-4H3,(H,36,40)/t20-,31+. The number of nitrogens with one attached hydrogen (secondary N) is 3. The maximum atomic E-state index is 13.6. The summed E-state index contributed by atoms with van der Waals surface area (Å²) in [4.78, 5) is 18.5. The van der Waals surface area contributed by atoms with Gasteiger partial charge in [-0.3, -0.25) is 4.79 Å². The monoisotopic (exact) mass is 554 g/mol. The first-order chi connectivity index (χ1) is 19.6. The fourth-order valence-electron chi connectivity index (χ4n) is 6.54. The molecule has 1 saturated carbocycles. The molecule has 0 spiro atoms. The Bertz CT molecular complexity index is 1510. The largest absolute Gasteiger partial charge is 0.382 e. The van der Waals surface area contributed by atoms with E-state index in [1.807, 2.05) is 35.9 Å². The zero-order chi connectivity index (χ0) is 28.8. The highest BCUT2D eigenvalue weighted by Gasteiger charge is 2.49. The number of carbonyl (C=O) groups is 1. The highest BCUT2D eigenvalue weighted by atomic mass is 16.5. The molecule has 0 atom stereocenters. The van der Waals surface area contributed by atoms with E-state index >= 15 is 0 Å². The van der Waals surface area contributed by atoms with Gasteiger partial charge in [0.05, 0.1) is 36.1 Å². The third-order valence-corrected chi connectivity index (χ3v) is 8.92. The SMILES string of the molecule is Cn1cnnc1[C@]1(c2cccc(NC(=O)c3cc(CNCC4(C)COC4)c4c(n3)C(C)(C)CN4)c2)C[C@H](CC#N)C1. The summed E-state index contributed by atoms with van der Waals surface area (Å²) < 4.78 is 7.35. The normalized spacial score (nSPS) is 23.4. The molecule has 1 amide bonds. The van der Waals surface area contributed by atoms with Crippen LogP contribution in [-0.4, -0.2) is 52.0 Å². The number of hydrogen-bond acceptors (Lipinski definition) is 8. The van der Waals surface area contributed by atoms with Gasteiger partial charge in [0.25, 0.3) is 5.91 Å². The van der Waals surface area contributed by atoms with Crippen LogP contribution < -0.4 is 16.0 Å². The first kappa shape index (κ1) is 27.4. The highest BCUT2D eigenvalue weighted by Crippen LogP contribution is 2.53. The molecule has 0 bridgehead atoms. The lowest BCUT2D eigenvalue weighted by molar-refractivity contribution is -0.0991. The van der Waals surface area contributed by atoms with Gasteiger partial charge in [0.15, 0.2) is 0 Å². The Kier molecular flexibility index (Phi) is 6.83. The molecule has 2 aromatic heterocycles. The lowest BCUT2D eigenvalue weighted by atomic mass is 9.57. The lowest BCUT2D eigenvalue weighted by Crippen LogP contribution is -2.47. The van der Waals surface area contributed by atoms with Crippen molar-refractivity contribution in [2.45, 2.75) is 57.4 Å². The van der Waals surface area contributed by atoms with Gasteiger partial charge < -0.3 is 25.3 Å². The summed E-state index contributed by atoms with van der Waals surface area (Å²) >= 11 is 0. The predicted molar refractivity (Wildman–Crippen MR) is 156 cm³/mol. The third kappa shape index (κ3) is 4.98. The molecule has 1 aliphatic carbocycles. The van der Waals surface area contributed by atoms with Crippen LogP contribution in [0.1, 0.15) is 73.2 Å². The summed E-state index contributed by atoms with van der Waals surface area (Å²) in [6.07, 6.45) is 3.87. The van der Waals surface area contributed by atoms with Crippen LogP contribution in [0, 0.1) is 22.7 Å². The van der Waals surface area contributed by atoms with Crippen LogP contribution in [0.25, 0.3) is 0 Å². The van der Waals surface area contributed by atoms with Crippen LogP contribution in [0.3, 0.4) is 0 Å². The number of pyridine rings is 1. The quantitative estimate of drug-likeness (QED) is 0.363. The summed E-state index contributed by atoms with van der Waals surface area (Å²) in [5, 5.41) is 28.0. The van der Waals surface area contributed by atoms with Gasteiger partial charge in [-0.1, -0.05) is 32.9 Å². The fourth-order valence-corrected chi connectivity index (χ4v) is 6.54. The predicted octanol–water partition coefficient (Wildman–Crippen LogP) is 3.90. The lowest BCUT2D eigenvalue weighted by Gasteiger charge is -2.46. The molecule has 2 aliphatic heterocycles. The van der Waals surface area contributed by atoms with Crippen LogP contribution in [0.2, 0.25) is 0 Å². The number of hydrogen-bond donors (Lipinski definition) is 3. The second kappa shape index (κ2) is 10.2. The number of benzene rings is 1. The molecule has 41 heavy (non-hydrogen) atoms.